The molecule has 0 unspecified atom stereocenters. The van der Waals surface area contributed by atoms with Crippen LogP contribution >= 0.6 is 0 Å². The Hall–Kier alpha value is -3.52. The smallest absolute Gasteiger partial charge is 0.295 e. The molecule has 8 heteroatoms. The van der Waals surface area contributed by atoms with Crippen molar-refractivity contribution in [2.75, 3.05) is 47.5 Å². The standard InChI is InChI=1S/C30H40N2O6/c1-8-37-24-13-10-21(17-25(24)36-7)27-26(29(34)30(35)32(27)15-9-14-31(5)6)28(33)23-12-11-22(16-20(23)4)38-18-19(2)3/h10-13,16-17,19,27,33H,8-9,14-15,18H2,1-7H3/b28-26+/t27-/m1/s1. The van der Waals surface area contributed by atoms with Crippen LogP contribution in [-0.4, -0.2) is 74.1 Å². The normalized spacial score (nSPS) is 17.0. The maximum atomic E-state index is 13.4. The second kappa shape index (κ2) is 12.8. The van der Waals surface area contributed by atoms with Crippen molar-refractivity contribution >= 4 is 17.4 Å². The molecule has 0 bridgehead atoms. The van der Waals surface area contributed by atoms with E-state index in [0.29, 0.717) is 60.5 Å². The van der Waals surface area contributed by atoms with Gasteiger partial charge in [0.2, 0.25) is 0 Å². The Kier molecular flexibility index (Phi) is 9.80. The van der Waals surface area contributed by atoms with E-state index in [1.54, 1.807) is 36.3 Å². The third-order valence-electron chi connectivity index (χ3n) is 6.38. The number of aryl methyl sites for hydroxylation is 1. The quantitative estimate of drug-likeness (QED) is 0.242. The third-order valence-corrected chi connectivity index (χ3v) is 6.38. The maximum absolute atomic E-state index is 13.4. The highest BCUT2D eigenvalue weighted by atomic mass is 16.5. The van der Waals surface area contributed by atoms with Crippen LogP contribution in [0.2, 0.25) is 0 Å². The molecule has 1 heterocycles. The molecule has 1 N–H and O–H groups in total. The molecular formula is C30H40N2O6. The minimum atomic E-state index is -0.766. The number of rotatable bonds is 12. The van der Waals surface area contributed by atoms with Crippen molar-refractivity contribution in [1.29, 1.82) is 0 Å². The number of Topliss-reactive ketones (excluding diaryl/α,β-unsaturated/α-hetero) is 1. The van der Waals surface area contributed by atoms with Gasteiger partial charge in [-0.05, 0) is 88.3 Å². The fraction of sp³-hybridized carbons (Fsp3) is 0.467. The zero-order valence-electron chi connectivity index (χ0n) is 23.5. The molecule has 1 amide bonds. The molecule has 0 spiro atoms. The highest BCUT2D eigenvalue weighted by Crippen LogP contribution is 2.42. The summed E-state index contributed by atoms with van der Waals surface area (Å²) in [5, 5.41) is 11.5. The molecule has 1 aliphatic rings. The molecule has 38 heavy (non-hydrogen) atoms. The summed E-state index contributed by atoms with van der Waals surface area (Å²) in [6.07, 6.45) is 0.672. The van der Waals surface area contributed by atoms with Crippen molar-refractivity contribution < 1.29 is 28.9 Å². The molecule has 2 aromatic carbocycles. The summed E-state index contributed by atoms with van der Waals surface area (Å²) in [5.74, 6) is 0.580. The van der Waals surface area contributed by atoms with Crippen molar-refractivity contribution in [2.24, 2.45) is 5.92 Å². The van der Waals surface area contributed by atoms with Crippen LogP contribution in [0.5, 0.6) is 17.2 Å². The first kappa shape index (κ1) is 29.0. The summed E-state index contributed by atoms with van der Waals surface area (Å²) in [6.45, 7) is 10.0. The van der Waals surface area contributed by atoms with Gasteiger partial charge in [0.1, 0.15) is 11.5 Å². The largest absolute Gasteiger partial charge is 0.507 e. The number of carbonyl (C=O) groups excluding carboxylic acids is 2. The molecule has 0 saturated carbocycles. The van der Waals surface area contributed by atoms with E-state index in [0.717, 1.165) is 12.1 Å². The highest BCUT2D eigenvalue weighted by Gasteiger charge is 2.46. The number of nitrogens with zero attached hydrogens (tertiary/aromatic N) is 2. The van der Waals surface area contributed by atoms with Gasteiger partial charge in [0.15, 0.2) is 11.5 Å². The number of carbonyl (C=O) groups is 2. The van der Waals surface area contributed by atoms with Gasteiger partial charge in [-0.2, -0.15) is 0 Å². The van der Waals surface area contributed by atoms with Gasteiger partial charge >= 0.3 is 0 Å². The molecule has 2 aromatic rings. The van der Waals surface area contributed by atoms with Crippen molar-refractivity contribution in [3.05, 3.63) is 58.7 Å². The van der Waals surface area contributed by atoms with Gasteiger partial charge in [0.05, 0.1) is 31.9 Å². The zero-order valence-corrected chi connectivity index (χ0v) is 23.5. The second-order valence-electron chi connectivity index (χ2n) is 10.2. The van der Waals surface area contributed by atoms with E-state index in [9.17, 15) is 14.7 Å². The Morgan fingerprint density at radius 1 is 1.08 bits per heavy atom. The van der Waals surface area contributed by atoms with Crippen LogP contribution in [0.25, 0.3) is 5.76 Å². The van der Waals surface area contributed by atoms with Crippen molar-refractivity contribution in [3.8, 4) is 17.2 Å². The first-order valence-electron chi connectivity index (χ1n) is 13.1. The van der Waals surface area contributed by atoms with Crippen LogP contribution in [0, 0.1) is 12.8 Å². The van der Waals surface area contributed by atoms with Gasteiger partial charge in [-0.1, -0.05) is 19.9 Å². The number of hydrogen-bond donors (Lipinski definition) is 1. The molecule has 1 atom stereocenters. The first-order valence-corrected chi connectivity index (χ1v) is 13.1. The number of ketones is 1. The zero-order chi connectivity index (χ0) is 28.0. The average Bonchev–Trinajstić information content (AvgIpc) is 3.12. The summed E-state index contributed by atoms with van der Waals surface area (Å²) in [4.78, 5) is 30.2. The highest BCUT2D eigenvalue weighted by molar-refractivity contribution is 6.46. The number of aliphatic hydroxyl groups is 1. The van der Waals surface area contributed by atoms with E-state index < -0.39 is 17.7 Å². The number of likely N-dealkylation sites (tertiary alicyclic amines) is 1. The number of amides is 1. The Labute approximate surface area is 225 Å². The van der Waals surface area contributed by atoms with E-state index in [1.165, 1.54) is 0 Å². The summed E-state index contributed by atoms with van der Waals surface area (Å²) in [6, 6.07) is 9.92. The van der Waals surface area contributed by atoms with E-state index in [-0.39, 0.29) is 11.3 Å². The fourth-order valence-electron chi connectivity index (χ4n) is 4.54. The number of aliphatic hydroxyl groups excluding tert-OH is 1. The predicted molar refractivity (Wildman–Crippen MR) is 148 cm³/mol. The number of ether oxygens (including phenoxy) is 3. The number of methoxy groups -OCH3 is 1. The van der Waals surface area contributed by atoms with Crippen molar-refractivity contribution in [2.45, 2.75) is 40.2 Å². The molecule has 8 nitrogen and oxygen atoms in total. The van der Waals surface area contributed by atoms with Gasteiger partial charge in [-0.15, -0.1) is 0 Å². The Morgan fingerprint density at radius 3 is 2.42 bits per heavy atom. The lowest BCUT2D eigenvalue weighted by Crippen LogP contribution is -2.32. The molecule has 3 rings (SSSR count). The van der Waals surface area contributed by atoms with Crippen LogP contribution in [0.1, 0.15) is 49.9 Å². The van der Waals surface area contributed by atoms with Gasteiger partial charge < -0.3 is 29.1 Å². The third kappa shape index (κ3) is 6.48. The van der Waals surface area contributed by atoms with Crippen LogP contribution in [0.3, 0.4) is 0 Å². The summed E-state index contributed by atoms with van der Waals surface area (Å²) in [7, 11) is 5.46. The van der Waals surface area contributed by atoms with Gasteiger partial charge in [0.25, 0.3) is 11.7 Å². The molecule has 1 fully saturated rings. The van der Waals surface area contributed by atoms with Gasteiger partial charge in [-0.25, -0.2) is 0 Å². The predicted octanol–water partition coefficient (Wildman–Crippen LogP) is 4.81. The Balaban J connectivity index is 2.11. The minimum Gasteiger partial charge on any atom is -0.507 e. The monoisotopic (exact) mass is 524 g/mol. The van der Waals surface area contributed by atoms with Crippen LogP contribution < -0.4 is 14.2 Å². The van der Waals surface area contributed by atoms with Crippen molar-refractivity contribution in [3.63, 3.8) is 0 Å². The van der Waals surface area contributed by atoms with Crippen molar-refractivity contribution in [1.82, 2.24) is 9.80 Å². The molecular weight excluding hydrogens is 484 g/mol. The first-order chi connectivity index (χ1) is 18.1. The van der Waals surface area contributed by atoms with Crippen LogP contribution in [0.4, 0.5) is 0 Å². The van der Waals surface area contributed by atoms with E-state index in [1.807, 2.05) is 45.0 Å². The lowest BCUT2D eigenvalue weighted by atomic mass is 9.93. The van der Waals surface area contributed by atoms with E-state index in [2.05, 4.69) is 13.8 Å². The fourth-order valence-corrected chi connectivity index (χ4v) is 4.54. The topological polar surface area (TPSA) is 88.5 Å². The molecule has 1 aliphatic heterocycles. The second-order valence-corrected chi connectivity index (χ2v) is 10.2. The summed E-state index contributed by atoms with van der Waals surface area (Å²) >= 11 is 0. The SMILES string of the molecule is CCOc1ccc([C@@H]2/C(=C(\O)c3ccc(OCC(C)C)cc3C)C(=O)C(=O)N2CCCN(C)C)cc1OC. The Bertz CT molecular complexity index is 1190. The number of benzene rings is 2. The van der Waals surface area contributed by atoms with E-state index in [4.69, 9.17) is 14.2 Å². The maximum Gasteiger partial charge on any atom is 0.295 e. The van der Waals surface area contributed by atoms with Gasteiger partial charge in [-0.3, -0.25) is 9.59 Å². The molecule has 0 radical (unpaired) electrons. The molecule has 206 valence electrons. The van der Waals surface area contributed by atoms with Gasteiger partial charge in [0, 0.05) is 12.1 Å². The lowest BCUT2D eigenvalue weighted by Gasteiger charge is -2.26. The average molecular weight is 525 g/mol. The summed E-state index contributed by atoms with van der Waals surface area (Å²) in [5.41, 5.74) is 1.94. The molecule has 0 aromatic heterocycles. The van der Waals surface area contributed by atoms with E-state index >= 15 is 0 Å². The molecule has 0 aliphatic carbocycles. The van der Waals surface area contributed by atoms with Crippen LogP contribution in [0.15, 0.2) is 42.0 Å². The number of hydrogen-bond acceptors (Lipinski definition) is 7. The molecule has 1 saturated heterocycles. The van der Waals surface area contributed by atoms with Crippen LogP contribution in [-0.2, 0) is 9.59 Å². The summed E-state index contributed by atoms with van der Waals surface area (Å²) < 4.78 is 17.0. The Morgan fingerprint density at radius 2 is 1.82 bits per heavy atom. The lowest BCUT2D eigenvalue weighted by molar-refractivity contribution is -0.139. The minimum absolute atomic E-state index is 0.0602.